The van der Waals surface area contributed by atoms with Crippen LogP contribution < -0.4 is 16.6 Å². The number of aromatic nitrogens is 2. The van der Waals surface area contributed by atoms with Crippen LogP contribution >= 0.6 is 0 Å². The summed E-state index contributed by atoms with van der Waals surface area (Å²) >= 11 is 0. The van der Waals surface area contributed by atoms with Gasteiger partial charge in [0.25, 0.3) is 5.56 Å². The number of carbonyl (C=O) groups excluding carboxylic acids is 2. The summed E-state index contributed by atoms with van der Waals surface area (Å²) in [6.45, 7) is 7.34. The molecule has 1 aliphatic heterocycles. The van der Waals surface area contributed by atoms with E-state index in [1.165, 1.54) is 17.8 Å². The van der Waals surface area contributed by atoms with Gasteiger partial charge < -0.3 is 24.3 Å². The molecule has 1 amide bonds. The second kappa shape index (κ2) is 11.4. The number of nitrogens with one attached hydrogen (secondary N) is 2. The minimum absolute atomic E-state index is 0.0104. The maximum atomic E-state index is 12.5. The number of ether oxygens (including phenoxy) is 4. The molecular formula is C21H33N3O8. The van der Waals surface area contributed by atoms with Gasteiger partial charge in [-0.3, -0.25) is 23.9 Å². The molecule has 1 unspecified atom stereocenters. The van der Waals surface area contributed by atoms with Crippen LogP contribution in [0, 0.1) is 12.8 Å². The van der Waals surface area contributed by atoms with Crippen molar-refractivity contribution in [3.63, 3.8) is 0 Å². The maximum Gasteiger partial charge on any atom is 0.330 e. The average molecular weight is 456 g/mol. The average Bonchev–Trinajstić information content (AvgIpc) is 3.10. The number of nitrogens with zero attached hydrogens (tertiary/aromatic N) is 1. The molecule has 1 aromatic rings. The van der Waals surface area contributed by atoms with E-state index in [1.54, 1.807) is 14.0 Å². The highest BCUT2D eigenvalue weighted by Gasteiger charge is 2.50. The maximum absolute atomic E-state index is 12.5. The van der Waals surface area contributed by atoms with Crippen LogP contribution in [-0.2, 0) is 28.5 Å². The lowest BCUT2D eigenvalue weighted by atomic mass is 9.99. The first-order valence-corrected chi connectivity index (χ1v) is 10.6. The minimum atomic E-state index is -0.939. The molecule has 1 aliphatic rings. The lowest BCUT2D eigenvalue weighted by molar-refractivity contribution is -0.161. The SMILES string of the molecule is CNC(=O)CCC(=O)O[C@@H]1C(OC[C@H](C)OC)[C@H](n2cc(C)c(=O)[nH]c2=O)O[C@@H]1C(C)C. The van der Waals surface area contributed by atoms with Gasteiger partial charge in [-0.05, 0) is 19.8 Å². The lowest BCUT2D eigenvalue weighted by Crippen LogP contribution is -2.43. The summed E-state index contributed by atoms with van der Waals surface area (Å²) in [5.41, 5.74) is -0.829. The van der Waals surface area contributed by atoms with Gasteiger partial charge in [0.2, 0.25) is 5.91 Å². The fourth-order valence-corrected chi connectivity index (χ4v) is 3.38. The number of aryl methyl sites for hydroxylation is 1. The molecule has 32 heavy (non-hydrogen) atoms. The van der Waals surface area contributed by atoms with Gasteiger partial charge in [0.1, 0.15) is 12.2 Å². The first kappa shape index (κ1) is 25.8. The third kappa shape index (κ3) is 6.27. The van der Waals surface area contributed by atoms with Gasteiger partial charge in [-0.1, -0.05) is 13.8 Å². The Bertz CT molecular complexity index is 909. The van der Waals surface area contributed by atoms with Gasteiger partial charge in [-0.25, -0.2) is 4.79 Å². The molecule has 2 N–H and O–H groups in total. The van der Waals surface area contributed by atoms with Crippen molar-refractivity contribution in [1.29, 1.82) is 0 Å². The summed E-state index contributed by atoms with van der Waals surface area (Å²) in [5.74, 6) is -0.936. The van der Waals surface area contributed by atoms with Crippen molar-refractivity contribution in [2.75, 3.05) is 20.8 Å². The summed E-state index contributed by atoms with van der Waals surface area (Å²) in [5, 5.41) is 2.46. The highest BCUT2D eigenvalue weighted by atomic mass is 16.6. The van der Waals surface area contributed by atoms with Gasteiger partial charge in [0.05, 0.1) is 19.1 Å². The van der Waals surface area contributed by atoms with E-state index in [0.29, 0.717) is 5.56 Å². The molecule has 11 heteroatoms. The second-order valence-electron chi connectivity index (χ2n) is 8.19. The topological polar surface area (TPSA) is 138 Å². The molecule has 2 heterocycles. The minimum Gasteiger partial charge on any atom is -0.457 e. The van der Waals surface area contributed by atoms with E-state index >= 15 is 0 Å². The smallest absolute Gasteiger partial charge is 0.330 e. The van der Waals surface area contributed by atoms with Gasteiger partial charge in [-0.15, -0.1) is 0 Å². The normalized spacial score (nSPS) is 23.8. The molecule has 2 rings (SSSR count). The second-order valence-corrected chi connectivity index (χ2v) is 8.19. The predicted octanol–water partition coefficient (Wildman–Crippen LogP) is 0.257. The predicted molar refractivity (Wildman–Crippen MR) is 114 cm³/mol. The zero-order valence-corrected chi connectivity index (χ0v) is 19.4. The van der Waals surface area contributed by atoms with Crippen LogP contribution in [0.1, 0.15) is 45.4 Å². The Hall–Kier alpha value is -2.50. The van der Waals surface area contributed by atoms with Crippen molar-refractivity contribution in [2.24, 2.45) is 5.92 Å². The summed E-state index contributed by atoms with van der Waals surface area (Å²) < 4.78 is 24.4. The zero-order valence-electron chi connectivity index (χ0n) is 19.4. The van der Waals surface area contributed by atoms with E-state index in [4.69, 9.17) is 18.9 Å². The van der Waals surface area contributed by atoms with Crippen molar-refractivity contribution < 1.29 is 28.5 Å². The number of methoxy groups -OCH3 is 1. The summed E-state index contributed by atoms with van der Waals surface area (Å²) in [7, 11) is 3.03. The number of carbonyl (C=O) groups is 2. The van der Waals surface area contributed by atoms with E-state index in [-0.39, 0.29) is 37.4 Å². The molecule has 0 spiro atoms. The van der Waals surface area contributed by atoms with Gasteiger partial charge in [0, 0.05) is 32.3 Å². The molecule has 0 radical (unpaired) electrons. The van der Waals surface area contributed by atoms with Crippen LogP contribution in [0.15, 0.2) is 15.8 Å². The number of hydrogen-bond donors (Lipinski definition) is 2. The van der Waals surface area contributed by atoms with Gasteiger partial charge in [-0.2, -0.15) is 0 Å². The molecular weight excluding hydrogens is 422 g/mol. The van der Waals surface area contributed by atoms with E-state index in [1.807, 2.05) is 20.8 Å². The van der Waals surface area contributed by atoms with Crippen LogP contribution in [0.5, 0.6) is 0 Å². The highest BCUT2D eigenvalue weighted by molar-refractivity contribution is 5.81. The van der Waals surface area contributed by atoms with Crippen molar-refractivity contribution in [3.8, 4) is 0 Å². The first-order valence-electron chi connectivity index (χ1n) is 10.6. The van der Waals surface area contributed by atoms with E-state index in [2.05, 4.69) is 10.3 Å². The quantitative estimate of drug-likeness (QED) is 0.479. The molecule has 11 nitrogen and oxygen atoms in total. The standard InChI is InChI=1S/C21H33N3O8/c1-11(2)16-17(31-15(26)8-7-14(25)22-5)18(30-10-13(4)29-6)20(32-16)24-9-12(3)19(27)23-21(24)28/h9,11,13,16-18,20H,7-8,10H2,1-6H3,(H,22,25)(H,23,27,28)/t13-,16+,17-,18?,20+/m0/s1. The van der Waals surface area contributed by atoms with Crippen molar-refractivity contribution in [2.45, 2.75) is 71.2 Å². The van der Waals surface area contributed by atoms with Crippen LogP contribution in [0.3, 0.4) is 0 Å². The monoisotopic (exact) mass is 455 g/mol. The number of esters is 1. The Morgan fingerprint density at radius 1 is 1.22 bits per heavy atom. The Labute approximate surface area is 186 Å². The van der Waals surface area contributed by atoms with Crippen LogP contribution in [0.4, 0.5) is 0 Å². The molecule has 5 atom stereocenters. The number of rotatable bonds is 10. The Morgan fingerprint density at radius 3 is 2.50 bits per heavy atom. The largest absolute Gasteiger partial charge is 0.457 e. The van der Waals surface area contributed by atoms with Crippen LogP contribution in [-0.4, -0.2) is 66.6 Å². The highest BCUT2D eigenvalue weighted by Crippen LogP contribution is 2.36. The first-order chi connectivity index (χ1) is 15.1. The molecule has 1 aromatic heterocycles. The Kier molecular flexibility index (Phi) is 9.17. The fraction of sp³-hybridized carbons (Fsp3) is 0.714. The van der Waals surface area contributed by atoms with Crippen LogP contribution in [0.2, 0.25) is 0 Å². The van der Waals surface area contributed by atoms with E-state index in [9.17, 15) is 19.2 Å². The number of aromatic amines is 1. The zero-order chi connectivity index (χ0) is 24.0. The molecule has 1 saturated heterocycles. The summed E-state index contributed by atoms with van der Waals surface area (Å²) in [4.78, 5) is 50.6. The number of hydrogen-bond acceptors (Lipinski definition) is 8. The molecule has 1 fully saturated rings. The molecule has 0 bridgehead atoms. The lowest BCUT2D eigenvalue weighted by Gasteiger charge is -2.27. The van der Waals surface area contributed by atoms with Crippen LogP contribution in [0.25, 0.3) is 0 Å². The van der Waals surface area contributed by atoms with E-state index < -0.39 is 41.8 Å². The van der Waals surface area contributed by atoms with Crippen molar-refractivity contribution >= 4 is 11.9 Å². The molecule has 0 saturated carbocycles. The summed E-state index contributed by atoms with van der Waals surface area (Å²) in [6.07, 6.45) is -2.17. The van der Waals surface area contributed by atoms with Gasteiger partial charge >= 0.3 is 11.7 Å². The van der Waals surface area contributed by atoms with Crippen molar-refractivity contribution in [3.05, 3.63) is 32.6 Å². The van der Waals surface area contributed by atoms with E-state index in [0.717, 1.165) is 0 Å². The fourth-order valence-electron chi connectivity index (χ4n) is 3.38. The molecule has 0 aliphatic carbocycles. The molecule has 0 aromatic carbocycles. The van der Waals surface area contributed by atoms with Gasteiger partial charge in [0.15, 0.2) is 12.3 Å². The third-order valence-electron chi connectivity index (χ3n) is 5.33. The Morgan fingerprint density at radius 2 is 1.91 bits per heavy atom. The Balaban J connectivity index is 2.37. The number of H-pyrrole nitrogens is 1. The van der Waals surface area contributed by atoms with Crippen molar-refractivity contribution in [1.82, 2.24) is 14.9 Å². The number of amides is 1. The third-order valence-corrected chi connectivity index (χ3v) is 5.33. The molecule has 180 valence electrons. The summed E-state index contributed by atoms with van der Waals surface area (Å²) in [6, 6.07) is 0.